The summed E-state index contributed by atoms with van der Waals surface area (Å²) in [6, 6.07) is 5.48. The highest BCUT2D eigenvalue weighted by Crippen LogP contribution is 2.26. The van der Waals surface area contributed by atoms with E-state index in [0.717, 1.165) is 11.8 Å². The number of hydrogen-bond donors (Lipinski definition) is 0. The van der Waals surface area contributed by atoms with Crippen LogP contribution in [-0.4, -0.2) is 9.97 Å². The summed E-state index contributed by atoms with van der Waals surface area (Å²) < 4.78 is 38.6. The van der Waals surface area contributed by atoms with Crippen molar-refractivity contribution in [2.75, 3.05) is 0 Å². The maximum Gasteiger partial charge on any atom is 0.250 e. The predicted molar refractivity (Wildman–Crippen MR) is 52.5 cm³/mol. The standard InChI is InChI=1S/C10H5F3N2S/c11-6-5-7(12)10(15-9(6)13)16-8-3-1-2-4-14-8/h1-5H. The van der Waals surface area contributed by atoms with Crippen molar-refractivity contribution >= 4 is 11.8 Å². The van der Waals surface area contributed by atoms with Crippen molar-refractivity contribution in [2.24, 2.45) is 0 Å². The average Bonchev–Trinajstić information content (AvgIpc) is 2.27. The number of pyridine rings is 2. The van der Waals surface area contributed by atoms with E-state index in [9.17, 15) is 13.2 Å². The topological polar surface area (TPSA) is 25.8 Å². The van der Waals surface area contributed by atoms with Crippen LogP contribution in [0, 0.1) is 17.6 Å². The van der Waals surface area contributed by atoms with Gasteiger partial charge in [0.1, 0.15) is 10.1 Å². The average molecular weight is 242 g/mol. The highest BCUT2D eigenvalue weighted by molar-refractivity contribution is 7.99. The normalized spacial score (nSPS) is 10.4. The van der Waals surface area contributed by atoms with Crippen molar-refractivity contribution in [3.63, 3.8) is 0 Å². The first-order valence-electron chi connectivity index (χ1n) is 4.27. The van der Waals surface area contributed by atoms with Crippen LogP contribution < -0.4 is 0 Å². The van der Waals surface area contributed by atoms with E-state index in [1.165, 1.54) is 6.20 Å². The maximum atomic E-state index is 13.2. The number of rotatable bonds is 2. The molecule has 0 amide bonds. The molecule has 2 aromatic rings. The van der Waals surface area contributed by atoms with E-state index < -0.39 is 17.6 Å². The Bertz CT molecular complexity index is 505. The molecular formula is C10H5F3N2S. The molecule has 2 rings (SSSR count). The molecule has 0 aliphatic heterocycles. The molecule has 0 radical (unpaired) electrons. The molecular weight excluding hydrogens is 237 g/mol. The van der Waals surface area contributed by atoms with Gasteiger partial charge >= 0.3 is 0 Å². The zero-order valence-corrected chi connectivity index (χ0v) is 8.64. The minimum absolute atomic E-state index is 0.238. The molecule has 0 unspecified atom stereocenters. The van der Waals surface area contributed by atoms with E-state index in [-0.39, 0.29) is 5.03 Å². The van der Waals surface area contributed by atoms with Crippen molar-refractivity contribution in [3.8, 4) is 0 Å². The van der Waals surface area contributed by atoms with E-state index in [0.29, 0.717) is 11.1 Å². The Hall–Kier alpha value is -1.56. The minimum atomic E-state index is -1.32. The van der Waals surface area contributed by atoms with Crippen molar-refractivity contribution < 1.29 is 13.2 Å². The second-order valence-electron chi connectivity index (χ2n) is 2.82. The molecule has 2 heterocycles. The molecule has 0 saturated carbocycles. The highest BCUT2D eigenvalue weighted by atomic mass is 32.2. The summed E-state index contributed by atoms with van der Waals surface area (Å²) in [5.74, 6) is -3.53. The van der Waals surface area contributed by atoms with E-state index in [1.54, 1.807) is 18.2 Å². The molecule has 0 N–H and O–H groups in total. The molecule has 0 aliphatic carbocycles. The summed E-state index contributed by atoms with van der Waals surface area (Å²) in [6.45, 7) is 0. The van der Waals surface area contributed by atoms with Gasteiger partial charge in [-0.1, -0.05) is 6.07 Å². The second-order valence-corrected chi connectivity index (χ2v) is 3.83. The molecule has 0 fully saturated rings. The summed E-state index contributed by atoms with van der Waals surface area (Å²) in [5, 5.41) is 0.220. The third kappa shape index (κ3) is 2.33. The monoisotopic (exact) mass is 242 g/mol. The molecule has 82 valence electrons. The molecule has 16 heavy (non-hydrogen) atoms. The molecule has 2 aromatic heterocycles. The van der Waals surface area contributed by atoms with E-state index in [4.69, 9.17) is 0 Å². The Morgan fingerprint density at radius 3 is 2.56 bits per heavy atom. The van der Waals surface area contributed by atoms with Gasteiger partial charge in [0.2, 0.25) is 5.95 Å². The number of hydrogen-bond acceptors (Lipinski definition) is 3. The van der Waals surface area contributed by atoms with Gasteiger partial charge in [0, 0.05) is 12.3 Å². The Morgan fingerprint density at radius 2 is 1.88 bits per heavy atom. The number of nitrogens with zero attached hydrogens (tertiary/aromatic N) is 2. The van der Waals surface area contributed by atoms with Crippen molar-refractivity contribution in [1.29, 1.82) is 0 Å². The van der Waals surface area contributed by atoms with Crippen LogP contribution >= 0.6 is 11.8 Å². The van der Waals surface area contributed by atoms with Crippen LogP contribution in [0.5, 0.6) is 0 Å². The third-order valence-electron chi connectivity index (χ3n) is 1.69. The smallest absolute Gasteiger partial charge is 0.250 e. The fraction of sp³-hybridized carbons (Fsp3) is 0. The quantitative estimate of drug-likeness (QED) is 0.757. The molecule has 6 heteroatoms. The van der Waals surface area contributed by atoms with Crippen LogP contribution in [0.3, 0.4) is 0 Å². The van der Waals surface area contributed by atoms with Crippen molar-refractivity contribution in [3.05, 3.63) is 48.0 Å². The first-order chi connectivity index (χ1) is 7.66. The second kappa shape index (κ2) is 4.52. The van der Waals surface area contributed by atoms with Gasteiger partial charge in [0.15, 0.2) is 11.6 Å². The molecule has 0 atom stereocenters. The van der Waals surface area contributed by atoms with E-state index >= 15 is 0 Å². The molecule has 0 aromatic carbocycles. The lowest BCUT2D eigenvalue weighted by molar-refractivity contribution is 0.448. The van der Waals surface area contributed by atoms with Crippen molar-refractivity contribution in [2.45, 2.75) is 10.1 Å². The first kappa shape index (κ1) is 10.9. The molecule has 0 spiro atoms. The van der Waals surface area contributed by atoms with Crippen LogP contribution in [0.25, 0.3) is 0 Å². The minimum Gasteiger partial charge on any atom is -0.250 e. The molecule has 0 saturated heterocycles. The van der Waals surface area contributed by atoms with E-state index in [1.807, 2.05) is 0 Å². The Balaban J connectivity index is 2.32. The van der Waals surface area contributed by atoms with Crippen LogP contribution in [0.1, 0.15) is 0 Å². The molecule has 0 bridgehead atoms. The van der Waals surface area contributed by atoms with Gasteiger partial charge in [-0.05, 0) is 23.9 Å². The Morgan fingerprint density at radius 1 is 1.06 bits per heavy atom. The van der Waals surface area contributed by atoms with E-state index in [2.05, 4.69) is 9.97 Å². The van der Waals surface area contributed by atoms with Crippen LogP contribution in [-0.2, 0) is 0 Å². The fourth-order valence-electron chi connectivity index (χ4n) is 1.01. The fourth-order valence-corrected chi connectivity index (χ4v) is 1.75. The number of aromatic nitrogens is 2. The van der Waals surface area contributed by atoms with Crippen LogP contribution in [0.2, 0.25) is 0 Å². The highest BCUT2D eigenvalue weighted by Gasteiger charge is 2.12. The Kier molecular flexibility index (Phi) is 3.09. The lowest BCUT2D eigenvalue weighted by atomic mass is 10.4. The zero-order chi connectivity index (χ0) is 11.5. The van der Waals surface area contributed by atoms with Gasteiger partial charge < -0.3 is 0 Å². The van der Waals surface area contributed by atoms with Crippen LogP contribution in [0.4, 0.5) is 13.2 Å². The Labute approximate surface area is 93.5 Å². The third-order valence-corrected chi connectivity index (χ3v) is 2.62. The SMILES string of the molecule is Fc1cc(F)c(Sc2ccccn2)nc1F. The van der Waals surface area contributed by atoms with Gasteiger partial charge in [0.25, 0.3) is 0 Å². The van der Waals surface area contributed by atoms with Gasteiger partial charge in [0.05, 0.1) is 0 Å². The lowest BCUT2D eigenvalue weighted by Crippen LogP contribution is -1.95. The summed E-state index contributed by atoms with van der Waals surface area (Å²) in [4.78, 5) is 7.08. The van der Waals surface area contributed by atoms with Gasteiger partial charge in [-0.25, -0.2) is 18.7 Å². The summed E-state index contributed by atoms with van der Waals surface area (Å²) in [6.07, 6.45) is 1.51. The van der Waals surface area contributed by atoms with Gasteiger partial charge in [-0.2, -0.15) is 4.39 Å². The lowest BCUT2D eigenvalue weighted by Gasteiger charge is -2.01. The summed E-state index contributed by atoms with van der Waals surface area (Å²) in [7, 11) is 0. The van der Waals surface area contributed by atoms with Crippen LogP contribution in [0.15, 0.2) is 40.5 Å². The largest absolute Gasteiger partial charge is 0.250 e. The first-order valence-corrected chi connectivity index (χ1v) is 5.09. The van der Waals surface area contributed by atoms with Crippen molar-refractivity contribution in [1.82, 2.24) is 9.97 Å². The maximum absolute atomic E-state index is 13.2. The zero-order valence-electron chi connectivity index (χ0n) is 7.82. The van der Waals surface area contributed by atoms with Gasteiger partial charge in [-0.15, -0.1) is 0 Å². The van der Waals surface area contributed by atoms with Gasteiger partial charge in [-0.3, -0.25) is 0 Å². The summed E-state index contributed by atoms with van der Waals surface area (Å²) in [5.41, 5.74) is 0. The molecule has 2 nitrogen and oxygen atoms in total. The molecule has 0 aliphatic rings. The summed E-state index contributed by atoms with van der Waals surface area (Å²) >= 11 is 0.833. The number of halogens is 3. The predicted octanol–water partition coefficient (Wildman–Crippen LogP) is 3.05.